The number of aromatic nitrogens is 3. The van der Waals surface area contributed by atoms with Crippen molar-refractivity contribution in [3.05, 3.63) is 41.7 Å². The predicted octanol–water partition coefficient (Wildman–Crippen LogP) is 1.22. The van der Waals surface area contributed by atoms with E-state index in [1.165, 1.54) is 22.9 Å². The molecule has 0 bridgehead atoms. The van der Waals surface area contributed by atoms with E-state index in [9.17, 15) is 17.6 Å². The Hall–Kier alpha value is -2.29. The first-order valence-electron chi connectivity index (χ1n) is 6.42. The Labute approximate surface area is 127 Å². The number of nitrogens with zero attached hydrogens (tertiary/aromatic N) is 3. The summed E-state index contributed by atoms with van der Waals surface area (Å²) < 4.78 is 38.7. The van der Waals surface area contributed by atoms with Gasteiger partial charge in [-0.3, -0.25) is 4.79 Å². The number of carbonyl (C=O) groups excluding carboxylic acids is 1. The van der Waals surface area contributed by atoms with Gasteiger partial charge in [0.2, 0.25) is 15.8 Å². The standard InChI is InChI=1S/C13H15FN4O3S/c1-8(2)12-15-11(13(19)17-22(3,20)21)16-18(12)10-6-4-5-9(14)7-10/h4-8H,1-3H3,(H,17,19). The van der Waals surface area contributed by atoms with Crippen LogP contribution in [0, 0.1) is 5.82 Å². The van der Waals surface area contributed by atoms with Crippen LogP contribution in [-0.4, -0.2) is 35.3 Å². The maximum Gasteiger partial charge on any atom is 0.304 e. The van der Waals surface area contributed by atoms with E-state index in [-0.39, 0.29) is 11.7 Å². The summed E-state index contributed by atoms with van der Waals surface area (Å²) >= 11 is 0. The van der Waals surface area contributed by atoms with Crippen molar-refractivity contribution in [3.63, 3.8) is 0 Å². The van der Waals surface area contributed by atoms with E-state index in [1.807, 2.05) is 13.8 Å². The molecule has 118 valence electrons. The number of hydrogen-bond donors (Lipinski definition) is 1. The fourth-order valence-corrected chi connectivity index (χ4v) is 2.23. The van der Waals surface area contributed by atoms with Gasteiger partial charge in [0.25, 0.3) is 0 Å². The molecule has 22 heavy (non-hydrogen) atoms. The second-order valence-electron chi connectivity index (χ2n) is 5.04. The van der Waals surface area contributed by atoms with Crippen LogP contribution in [0.2, 0.25) is 0 Å². The van der Waals surface area contributed by atoms with Gasteiger partial charge in [0, 0.05) is 5.92 Å². The highest BCUT2D eigenvalue weighted by Gasteiger charge is 2.21. The maximum absolute atomic E-state index is 13.4. The summed E-state index contributed by atoms with van der Waals surface area (Å²) in [5, 5.41) is 3.99. The molecule has 0 aliphatic heterocycles. The molecule has 0 aliphatic rings. The van der Waals surface area contributed by atoms with E-state index in [2.05, 4.69) is 10.1 Å². The summed E-state index contributed by atoms with van der Waals surface area (Å²) in [6.07, 6.45) is 0.859. The minimum atomic E-state index is -3.72. The minimum absolute atomic E-state index is 0.101. The number of sulfonamides is 1. The monoisotopic (exact) mass is 326 g/mol. The zero-order valence-corrected chi connectivity index (χ0v) is 13.1. The first-order valence-corrected chi connectivity index (χ1v) is 8.31. The second kappa shape index (κ2) is 5.84. The van der Waals surface area contributed by atoms with Gasteiger partial charge in [-0.05, 0) is 18.2 Å². The normalized spacial score (nSPS) is 11.7. The molecule has 9 heteroatoms. The molecule has 0 unspecified atom stereocenters. The number of rotatable bonds is 4. The lowest BCUT2D eigenvalue weighted by atomic mass is 10.2. The van der Waals surface area contributed by atoms with Crippen molar-refractivity contribution >= 4 is 15.9 Å². The van der Waals surface area contributed by atoms with E-state index < -0.39 is 21.7 Å². The average molecular weight is 326 g/mol. The molecule has 1 aromatic heterocycles. The Morgan fingerprint density at radius 1 is 1.36 bits per heavy atom. The lowest BCUT2D eigenvalue weighted by Gasteiger charge is -2.07. The Morgan fingerprint density at radius 2 is 2.05 bits per heavy atom. The summed E-state index contributed by atoms with van der Waals surface area (Å²) in [6, 6.07) is 5.65. The summed E-state index contributed by atoms with van der Waals surface area (Å²) in [7, 11) is -3.72. The van der Waals surface area contributed by atoms with Crippen molar-refractivity contribution in [1.82, 2.24) is 19.5 Å². The highest BCUT2D eigenvalue weighted by atomic mass is 32.2. The second-order valence-corrected chi connectivity index (χ2v) is 6.79. The molecular formula is C13H15FN4O3S. The van der Waals surface area contributed by atoms with Crippen molar-refractivity contribution in [2.24, 2.45) is 0 Å². The minimum Gasteiger partial charge on any atom is -0.264 e. The van der Waals surface area contributed by atoms with Crippen molar-refractivity contribution in [2.75, 3.05) is 6.26 Å². The lowest BCUT2D eigenvalue weighted by Crippen LogP contribution is -2.30. The molecule has 1 amide bonds. The van der Waals surface area contributed by atoms with Crippen LogP contribution in [0.15, 0.2) is 24.3 Å². The SMILES string of the molecule is CC(C)c1nc(C(=O)NS(C)(=O)=O)nn1-c1cccc(F)c1. The van der Waals surface area contributed by atoms with Crippen LogP contribution in [0.4, 0.5) is 4.39 Å². The lowest BCUT2D eigenvalue weighted by molar-refractivity contribution is 0.0971. The fraction of sp³-hybridized carbons (Fsp3) is 0.308. The summed E-state index contributed by atoms with van der Waals surface area (Å²) in [4.78, 5) is 15.9. The van der Waals surface area contributed by atoms with Crippen LogP contribution < -0.4 is 4.72 Å². The van der Waals surface area contributed by atoms with E-state index in [0.29, 0.717) is 11.5 Å². The Bertz CT molecular complexity index is 814. The van der Waals surface area contributed by atoms with Gasteiger partial charge >= 0.3 is 5.91 Å². The van der Waals surface area contributed by atoms with Gasteiger partial charge in [0.05, 0.1) is 11.9 Å². The van der Waals surface area contributed by atoms with Gasteiger partial charge in [-0.2, -0.15) is 0 Å². The van der Waals surface area contributed by atoms with E-state index >= 15 is 0 Å². The molecule has 2 aromatic rings. The smallest absolute Gasteiger partial charge is 0.264 e. The van der Waals surface area contributed by atoms with Crippen molar-refractivity contribution in [1.29, 1.82) is 0 Å². The molecule has 0 radical (unpaired) electrons. The van der Waals surface area contributed by atoms with Crippen LogP contribution in [-0.2, 0) is 10.0 Å². The van der Waals surface area contributed by atoms with Crippen molar-refractivity contribution < 1.29 is 17.6 Å². The zero-order valence-electron chi connectivity index (χ0n) is 12.2. The number of amides is 1. The number of benzene rings is 1. The molecule has 7 nitrogen and oxygen atoms in total. The quantitative estimate of drug-likeness (QED) is 0.911. The van der Waals surface area contributed by atoms with Crippen LogP contribution >= 0.6 is 0 Å². The third-order valence-corrected chi connectivity index (χ3v) is 3.24. The zero-order chi connectivity index (χ0) is 16.5. The number of halogens is 1. The Morgan fingerprint density at radius 3 is 2.59 bits per heavy atom. The van der Waals surface area contributed by atoms with Crippen LogP contribution in [0.3, 0.4) is 0 Å². The average Bonchev–Trinajstić information content (AvgIpc) is 2.82. The summed E-state index contributed by atoms with van der Waals surface area (Å²) in [6.45, 7) is 3.66. The third kappa shape index (κ3) is 3.67. The summed E-state index contributed by atoms with van der Waals surface area (Å²) in [5.41, 5.74) is 0.398. The highest BCUT2D eigenvalue weighted by molar-refractivity contribution is 7.89. The Balaban J connectivity index is 2.49. The topological polar surface area (TPSA) is 93.9 Å². The molecule has 0 aliphatic carbocycles. The summed E-state index contributed by atoms with van der Waals surface area (Å²) in [5.74, 6) is -1.36. The van der Waals surface area contributed by atoms with Gasteiger partial charge < -0.3 is 0 Å². The molecule has 0 atom stereocenters. The molecule has 0 spiro atoms. The van der Waals surface area contributed by atoms with Crippen molar-refractivity contribution in [3.8, 4) is 5.69 Å². The molecule has 0 fully saturated rings. The number of hydrogen-bond acceptors (Lipinski definition) is 5. The highest BCUT2D eigenvalue weighted by Crippen LogP contribution is 2.18. The maximum atomic E-state index is 13.4. The first-order chi connectivity index (χ1) is 10.2. The third-order valence-electron chi connectivity index (χ3n) is 2.68. The number of nitrogens with one attached hydrogen (secondary N) is 1. The van der Waals surface area contributed by atoms with Crippen LogP contribution in [0.25, 0.3) is 5.69 Å². The molecule has 0 saturated carbocycles. The molecule has 2 rings (SSSR count). The number of carbonyl (C=O) groups is 1. The van der Waals surface area contributed by atoms with Crippen LogP contribution in [0.5, 0.6) is 0 Å². The van der Waals surface area contributed by atoms with Gasteiger partial charge in [0.15, 0.2) is 0 Å². The van der Waals surface area contributed by atoms with E-state index in [4.69, 9.17) is 0 Å². The van der Waals surface area contributed by atoms with E-state index in [1.54, 1.807) is 10.8 Å². The fourth-order valence-electron chi connectivity index (χ4n) is 1.81. The molecular weight excluding hydrogens is 311 g/mol. The van der Waals surface area contributed by atoms with E-state index in [0.717, 1.165) is 6.26 Å². The van der Waals surface area contributed by atoms with Gasteiger partial charge in [-0.25, -0.2) is 27.2 Å². The van der Waals surface area contributed by atoms with Gasteiger partial charge in [-0.15, -0.1) is 5.10 Å². The largest absolute Gasteiger partial charge is 0.304 e. The predicted molar refractivity (Wildman–Crippen MR) is 77.7 cm³/mol. The molecule has 1 aromatic carbocycles. The Kier molecular flexibility index (Phi) is 4.27. The molecule has 0 saturated heterocycles. The molecule has 1 heterocycles. The van der Waals surface area contributed by atoms with Crippen LogP contribution in [0.1, 0.15) is 36.2 Å². The first kappa shape index (κ1) is 16.1. The van der Waals surface area contributed by atoms with Gasteiger partial charge in [0.1, 0.15) is 11.6 Å². The van der Waals surface area contributed by atoms with Gasteiger partial charge in [-0.1, -0.05) is 19.9 Å². The molecule has 1 N–H and O–H groups in total. The van der Waals surface area contributed by atoms with Crippen molar-refractivity contribution in [2.45, 2.75) is 19.8 Å².